The summed E-state index contributed by atoms with van der Waals surface area (Å²) >= 11 is 0. The third-order valence-electron chi connectivity index (χ3n) is 2.32. The molecule has 0 radical (unpaired) electrons. The van der Waals surface area contributed by atoms with Gasteiger partial charge in [0.15, 0.2) is 0 Å². The fourth-order valence-corrected chi connectivity index (χ4v) is 1.54. The highest BCUT2D eigenvalue weighted by Gasteiger charge is 2.25. The van der Waals surface area contributed by atoms with Gasteiger partial charge in [-0.2, -0.15) is 4.68 Å². The first-order chi connectivity index (χ1) is 8.85. The number of nitrogens with zero attached hydrogens (tertiary/aromatic N) is 3. The quantitative estimate of drug-likeness (QED) is 0.449. The summed E-state index contributed by atoms with van der Waals surface area (Å²) < 4.78 is 5.77. The number of carbonyl (C=O) groups excluding carboxylic acids is 2. The van der Waals surface area contributed by atoms with Crippen molar-refractivity contribution in [3.05, 3.63) is 21.9 Å². The molecule has 9 heteroatoms. The van der Waals surface area contributed by atoms with Crippen molar-refractivity contribution in [3.8, 4) is 0 Å². The van der Waals surface area contributed by atoms with Crippen LogP contribution in [0, 0.1) is 17.0 Å². The van der Waals surface area contributed by atoms with Gasteiger partial charge in [0.2, 0.25) is 5.91 Å². The Labute approximate surface area is 108 Å². The van der Waals surface area contributed by atoms with E-state index in [9.17, 15) is 19.7 Å². The van der Waals surface area contributed by atoms with Crippen molar-refractivity contribution in [2.45, 2.75) is 26.4 Å². The van der Waals surface area contributed by atoms with Gasteiger partial charge in [0, 0.05) is 6.92 Å². The molecule has 1 unspecified atom stereocenters. The Morgan fingerprint density at radius 2 is 2.26 bits per heavy atom. The fraction of sp³-hybridized carbons (Fsp3) is 0.500. The van der Waals surface area contributed by atoms with Crippen molar-refractivity contribution in [1.82, 2.24) is 15.1 Å². The minimum absolute atomic E-state index is 0.0407. The van der Waals surface area contributed by atoms with E-state index in [1.807, 2.05) is 0 Å². The molecule has 0 aliphatic rings. The van der Waals surface area contributed by atoms with Crippen molar-refractivity contribution < 1.29 is 19.2 Å². The second-order valence-corrected chi connectivity index (χ2v) is 3.89. The summed E-state index contributed by atoms with van der Waals surface area (Å²) in [5, 5.41) is 16.8. The van der Waals surface area contributed by atoms with Crippen LogP contribution in [0.5, 0.6) is 0 Å². The average Bonchev–Trinajstić information content (AvgIpc) is 2.68. The van der Waals surface area contributed by atoms with Crippen LogP contribution in [0.1, 0.15) is 12.5 Å². The molecule has 1 N–H and O–H groups in total. The molecule has 0 aliphatic carbocycles. The number of nitrogens with one attached hydrogen (secondary N) is 1. The van der Waals surface area contributed by atoms with Crippen molar-refractivity contribution in [2.75, 3.05) is 7.11 Å². The monoisotopic (exact) mass is 270 g/mol. The zero-order valence-corrected chi connectivity index (χ0v) is 10.7. The number of aryl methyl sites for hydroxylation is 1. The average molecular weight is 270 g/mol. The van der Waals surface area contributed by atoms with Gasteiger partial charge in [-0.05, 0) is 11.8 Å². The number of amides is 1. The molecule has 1 heterocycles. The first-order valence-corrected chi connectivity index (χ1v) is 5.38. The van der Waals surface area contributed by atoms with Crippen molar-refractivity contribution in [1.29, 1.82) is 0 Å². The van der Waals surface area contributed by atoms with Crippen molar-refractivity contribution in [3.63, 3.8) is 0 Å². The van der Waals surface area contributed by atoms with Gasteiger partial charge in [0.05, 0.1) is 30.5 Å². The van der Waals surface area contributed by atoms with Gasteiger partial charge in [0.25, 0.3) is 0 Å². The van der Waals surface area contributed by atoms with Gasteiger partial charge in [-0.1, -0.05) is 0 Å². The van der Waals surface area contributed by atoms with E-state index in [1.54, 1.807) is 0 Å². The summed E-state index contributed by atoms with van der Waals surface area (Å²) in [4.78, 5) is 32.5. The summed E-state index contributed by atoms with van der Waals surface area (Å²) in [7, 11) is 1.19. The molecule has 104 valence electrons. The Hall–Kier alpha value is -2.45. The fourth-order valence-electron chi connectivity index (χ4n) is 1.54. The summed E-state index contributed by atoms with van der Waals surface area (Å²) in [6.07, 6.45) is 1.43. The van der Waals surface area contributed by atoms with Crippen LogP contribution in [0.25, 0.3) is 0 Å². The highest BCUT2D eigenvalue weighted by atomic mass is 16.6. The molecule has 1 aromatic heterocycles. The highest BCUT2D eigenvalue weighted by molar-refractivity contribution is 5.83. The van der Waals surface area contributed by atoms with Crippen LogP contribution in [0.2, 0.25) is 0 Å². The summed E-state index contributed by atoms with van der Waals surface area (Å²) in [5.41, 5.74) is 0.372. The Kier molecular flexibility index (Phi) is 4.56. The first-order valence-electron chi connectivity index (χ1n) is 5.38. The van der Waals surface area contributed by atoms with Crippen molar-refractivity contribution >= 4 is 17.7 Å². The maximum absolute atomic E-state index is 11.5. The SMILES string of the molecule is COC(=O)C(Cn1cc(C)c([N+](=O)[O-])n1)NC(C)=O. The molecular weight excluding hydrogens is 256 g/mol. The second-order valence-electron chi connectivity index (χ2n) is 3.89. The van der Waals surface area contributed by atoms with Crippen molar-refractivity contribution in [2.24, 2.45) is 0 Å². The molecule has 0 aliphatic heterocycles. The lowest BCUT2D eigenvalue weighted by molar-refractivity contribution is -0.390. The molecule has 9 nitrogen and oxygen atoms in total. The maximum Gasteiger partial charge on any atom is 0.392 e. The third kappa shape index (κ3) is 3.76. The van der Waals surface area contributed by atoms with Crippen LogP contribution >= 0.6 is 0 Å². The number of rotatable bonds is 5. The first kappa shape index (κ1) is 14.6. The molecule has 1 rings (SSSR count). The summed E-state index contributed by atoms with van der Waals surface area (Å²) in [6, 6.07) is -0.943. The Morgan fingerprint density at radius 3 is 2.68 bits per heavy atom. The molecule has 0 saturated heterocycles. The molecule has 0 fully saturated rings. The number of hydrogen-bond donors (Lipinski definition) is 1. The Balaban J connectivity index is 2.90. The zero-order chi connectivity index (χ0) is 14.6. The summed E-state index contributed by atoms with van der Waals surface area (Å²) in [5.74, 6) is -1.34. The van der Waals surface area contributed by atoms with E-state index in [4.69, 9.17) is 0 Å². The van der Waals surface area contributed by atoms with E-state index in [1.165, 1.54) is 31.8 Å². The van der Waals surface area contributed by atoms with E-state index >= 15 is 0 Å². The van der Waals surface area contributed by atoms with Gasteiger partial charge in [-0.25, -0.2) is 4.79 Å². The van der Waals surface area contributed by atoms with Crippen LogP contribution in [0.4, 0.5) is 5.82 Å². The zero-order valence-electron chi connectivity index (χ0n) is 10.7. The van der Waals surface area contributed by atoms with E-state index in [2.05, 4.69) is 15.2 Å². The van der Waals surface area contributed by atoms with Crippen LogP contribution in [0.3, 0.4) is 0 Å². The van der Waals surface area contributed by atoms with Crippen LogP contribution < -0.4 is 5.32 Å². The molecule has 0 spiro atoms. The molecule has 1 amide bonds. The number of esters is 1. The minimum atomic E-state index is -0.943. The molecule has 0 saturated carbocycles. The van der Waals surface area contributed by atoms with Crippen LogP contribution in [-0.2, 0) is 20.9 Å². The second kappa shape index (κ2) is 5.94. The lowest BCUT2D eigenvalue weighted by atomic mass is 10.3. The summed E-state index contributed by atoms with van der Waals surface area (Å²) in [6.45, 7) is 2.75. The largest absolute Gasteiger partial charge is 0.467 e. The van der Waals surface area contributed by atoms with Gasteiger partial charge < -0.3 is 20.2 Å². The lowest BCUT2D eigenvalue weighted by Crippen LogP contribution is -2.43. The van der Waals surface area contributed by atoms with E-state index in [-0.39, 0.29) is 12.4 Å². The normalized spacial score (nSPS) is 11.7. The van der Waals surface area contributed by atoms with E-state index in [0.29, 0.717) is 5.56 Å². The Bertz CT molecular complexity index is 510. The lowest BCUT2D eigenvalue weighted by Gasteiger charge is -2.13. The van der Waals surface area contributed by atoms with Gasteiger partial charge in [-0.3, -0.25) is 4.79 Å². The third-order valence-corrected chi connectivity index (χ3v) is 2.32. The highest BCUT2D eigenvalue weighted by Crippen LogP contribution is 2.14. The molecule has 19 heavy (non-hydrogen) atoms. The predicted octanol–water partition coefficient (Wildman–Crippen LogP) is -0.223. The van der Waals surface area contributed by atoms with Gasteiger partial charge in [-0.15, -0.1) is 0 Å². The Morgan fingerprint density at radius 1 is 1.63 bits per heavy atom. The maximum atomic E-state index is 11.5. The smallest absolute Gasteiger partial charge is 0.392 e. The number of ether oxygens (including phenoxy) is 1. The van der Waals surface area contributed by atoms with E-state index in [0.717, 1.165) is 0 Å². The number of nitro groups is 1. The molecular formula is C10H14N4O5. The minimum Gasteiger partial charge on any atom is -0.467 e. The molecule has 0 aromatic carbocycles. The van der Waals surface area contributed by atoms with Crippen LogP contribution in [0.15, 0.2) is 6.20 Å². The van der Waals surface area contributed by atoms with Gasteiger partial charge >= 0.3 is 11.8 Å². The number of aromatic nitrogens is 2. The number of methoxy groups -OCH3 is 1. The van der Waals surface area contributed by atoms with E-state index < -0.39 is 22.8 Å². The number of hydrogen-bond acceptors (Lipinski definition) is 6. The van der Waals surface area contributed by atoms with Gasteiger partial charge in [0.1, 0.15) is 6.04 Å². The topological polar surface area (TPSA) is 116 Å². The molecule has 1 aromatic rings. The molecule has 1 atom stereocenters. The number of carbonyl (C=O) groups is 2. The predicted molar refractivity (Wildman–Crippen MR) is 63.2 cm³/mol. The van der Waals surface area contributed by atoms with Crippen LogP contribution in [-0.4, -0.2) is 39.7 Å². The molecule has 0 bridgehead atoms. The standard InChI is InChI=1S/C10H14N4O5/c1-6-4-13(12-9(6)14(17)18)5-8(10(16)19-3)11-7(2)15/h4,8H,5H2,1-3H3,(H,11,15).